The fourth-order valence-electron chi connectivity index (χ4n) is 3.78. The van der Waals surface area contributed by atoms with E-state index in [-0.39, 0.29) is 11.7 Å². The van der Waals surface area contributed by atoms with E-state index < -0.39 is 22.4 Å². The molecule has 0 bridgehead atoms. The molecule has 1 fully saturated rings. The average Bonchev–Trinajstić information content (AvgIpc) is 3.12. The number of hydrogen-bond acceptors (Lipinski definition) is 5. The lowest BCUT2D eigenvalue weighted by Crippen LogP contribution is -2.42. The van der Waals surface area contributed by atoms with Gasteiger partial charge in [0.15, 0.2) is 0 Å². The molecule has 1 saturated carbocycles. The van der Waals surface area contributed by atoms with Crippen LogP contribution >= 0.6 is 0 Å². The van der Waals surface area contributed by atoms with Crippen LogP contribution in [-0.2, 0) is 14.3 Å². The molecule has 1 N–H and O–H groups in total. The molecule has 1 atom stereocenters. The number of carbonyl (C=O) groups excluding carboxylic acids is 2. The fraction of sp³-hybridized carbons (Fsp3) is 0.565. The molecule has 0 radical (unpaired) electrons. The van der Waals surface area contributed by atoms with Crippen LogP contribution in [0.1, 0.15) is 66.2 Å². The number of rotatable bonds is 8. The van der Waals surface area contributed by atoms with Crippen molar-refractivity contribution in [1.82, 2.24) is 0 Å². The van der Waals surface area contributed by atoms with E-state index in [1.54, 1.807) is 6.08 Å². The Morgan fingerprint density at radius 1 is 1.14 bits per heavy atom. The van der Waals surface area contributed by atoms with Gasteiger partial charge in [0.05, 0.1) is 10.8 Å². The fourth-order valence-corrected chi connectivity index (χ4v) is 3.78. The molecule has 28 heavy (non-hydrogen) atoms. The first-order valence-electron chi connectivity index (χ1n) is 9.94. The molecule has 0 saturated heterocycles. The Balaban J connectivity index is 2.10. The van der Waals surface area contributed by atoms with Crippen LogP contribution in [0.3, 0.4) is 0 Å². The Kier molecular flexibility index (Phi) is 6.58. The van der Waals surface area contributed by atoms with Gasteiger partial charge in [0.25, 0.3) is 0 Å². The molecule has 5 heteroatoms. The Morgan fingerprint density at radius 3 is 2.21 bits per heavy atom. The van der Waals surface area contributed by atoms with Gasteiger partial charge < -0.3 is 14.6 Å². The summed E-state index contributed by atoms with van der Waals surface area (Å²) in [4.78, 5) is 25.8. The highest BCUT2D eigenvalue weighted by Gasteiger charge is 2.45. The molecular formula is C23H32O5. The third-order valence-electron chi connectivity index (χ3n) is 5.82. The van der Waals surface area contributed by atoms with Gasteiger partial charge in [-0.3, -0.25) is 9.59 Å². The molecule has 1 aromatic rings. The summed E-state index contributed by atoms with van der Waals surface area (Å²) in [5, 5.41) is 9.37. The second-order valence-electron chi connectivity index (χ2n) is 8.72. The SMILES string of the molecule is C=CC1(OC(=O)C(C)(C)CC(C)(CC)C(=O)Oc2ccc(O)cc2)CCCC1. The summed E-state index contributed by atoms with van der Waals surface area (Å²) >= 11 is 0. The van der Waals surface area contributed by atoms with Crippen molar-refractivity contribution in [3.63, 3.8) is 0 Å². The molecule has 1 aliphatic rings. The maximum absolute atomic E-state index is 12.9. The van der Waals surface area contributed by atoms with E-state index in [1.165, 1.54) is 24.3 Å². The van der Waals surface area contributed by atoms with Gasteiger partial charge in [-0.15, -0.1) is 0 Å². The van der Waals surface area contributed by atoms with E-state index in [9.17, 15) is 14.7 Å². The molecule has 0 aliphatic heterocycles. The zero-order valence-corrected chi connectivity index (χ0v) is 17.4. The summed E-state index contributed by atoms with van der Waals surface area (Å²) in [6.45, 7) is 11.2. The van der Waals surface area contributed by atoms with Crippen LogP contribution in [0.5, 0.6) is 11.5 Å². The van der Waals surface area contributed by atoms with Gasteiger partial charge in [-0.25, -0.2) is 0 Å². The normalized spacial score (nSPS) is 18.1. The zero-order chi connectivity index (χ0) is 21.0. The third kappa shape index (κ3) is 4.94. The molecule has 0 amide bonds. The lowest BCUT2D eigenvalue weighted by Gasteiger charge is -2.36. The molecule has 5 nitrogen and oxygen atoms in total. The minimum absolute atomic E-state index is 0.102. The van der Waals surface area contributed by atoms with Gasteiger partial charge >= 0.3 is 11.9 Å². The number of hydrogen-bond donors (Lipinski definition) is 1. The van der Waals surface area contributed by atoms with Gasteiger partial charge in [0.2, 0.25) is 0 Å². The molecule has 1 aromatic carbocycles. The number of ether oxygens (including phenoxy) is 2. The lowest BCUT2D eigenvalue weighted by atomic mass is 9.72. The summed E-state index contributed by atoms with van der Waals surface area (Å²) in [6.07, 6.45) is 6.20. The van der Waals surface area contributed by atoms with Gasteiger partial charge in [-0.05, 0) is 89.6 Å². The van der Waals surface area contributed by atoms with Crippen LogP contribution in [-0.4, -0.2) is 22.6 Å². The Labute approximate surface area is 167 Å². The van der Waals surface area contributed by atoms with Crippen molar-refractivity contribution >= 4 is 11.9 Å². The Hall–Kier alpha value is -2.30. The molecule has 1 unspecified atom stereocenters. The van der Waals surface area contributed by atoms with E-state index in [1.807, 2.05) is 27.7 Å². The molecule has 1 aliphatic carbocycles. The molecule has 0 spiro atoms. The highest BCUT2D eigenvalue weighted by atomic mass is 16.6. The number of carbonyl (C=O) groups is 2. The number of phenols is 1. The van der Waals surface area contributed by atoms with Crippen LogP contribution in [0.25, 0.3) is 0 Å². The third-order valence-corrected chi connectivity index (χ3v) is 5.82. The summed E-state index contributed by atoms with van der Waals surface area (Å²) in [7, 11) is 0. The van der Waals surface area contributed by atoms with Gasteiger partial charge in [-0.1, -0.05) is 13.5 Å². The number of aromatic hydroxyl groups is 1. The second-order valence-corrected chi connectivity index (χ2v) is 8.72. The number of esters is 2. The second kappa shape index (κ2) is 8.38. The quantitative estimate of drug-likeness (QED) is 0.378. The van der Waals surface area contributed by atoms with Gasteiger partial charge in [0, 0.05) is 0 Å². The van der Waals surface area contributed by atoms with Crippen molar-refractivity contribution in [2.75, 3.05) is 0 Å². The predicted molar refractivity (Wildman–Crippen MR) is 108 cm³/mol. The largest absolute Gasteiger partial charge is 0.508 e. The van der Waals surface area contributed by atoms with Crippen LogP contribution in [0, 0.1) is 10.8 Å². The summed E-state index contributed by atoms with van der Waals surface area (Å²) < 4.78 is 11.4. The van der Waals surface area contributed by atoms with Crippen LogP contribution in [0.2, 0.25) is 0 Å². The molecular weight excluding hydrogens is 356 g/mol. The van der Waals surface area contributed by atoms with E-state index in [4.69, 9.17) is 9.47 Å². The monoisotopic (exact) mass is 388 g/mol. The van der Waals surface area contributed by atoms with E-state index >= 15 is 0 Å². The first kappa shape index (κ1) is 22.0. The van der Waals surface area contributed by atoms with Crippen molar-refractivity contribution in [3.05, 3.63) is 36.9 Å². The van der Waals surface area contributed by atoms with E-state index in [0.717, 1.165) is 25.7 Å². The van der Waals surface area contributed by atoms with Crippen LogP contribution in [0.4, 0.5) is 0 Å². The van der Waals surface area contributed by atoms with Crippen molar-refractivity contribution in [3.8, 4) is 11.5 Å². The maximum atomic E-state index is 12.9. The first-order chi connectivity index (χ1) is 13.1. The molecule has 0 heterocycles. The number of benzene rings is 1. The minimum atomic E-state index is -0.850. The van der Waals surface area contributed by atoms with Crippen LogP contribution in [0.15, 0.2) is 36.9 Å². The first-order valence-corrected chi connectivity index (χ1v) is 9.94. The predicted octanol–water partition coefficient (Wildman–Crippen LogP) is 5.17. The smallest absolute Gasteiger partial charge is 0.317 e. The zero-order valence-electron chi connectivity index (χ0n) is 17.4. The summed E-state index contributed by atoms with van der Waals surface area (Å²) in [6, 6.07) is 6.00. The maximum Gasteiger partial charge on any atom is 0.317 e. The van der Waals surface area contributed by atoms with Gasteiger partial charge in [0.1, 0.15) is 17.1 Å². The molecule has 0 aromatic heterocycles. The van der Waals surface area contributed by atoms with E-state index in [2.05, 4.69) is 6.58 Å². The Bertz CT molecular complexity index is 713. The molecule has 2 rings (SSSR count). The summed E-state index contributed by atoms with van der Waals surface area (Å²) in [5.74, 6) is -0.253. The highest BCUT2D eigenvalue weighted by Crippen LogP contribution is 2.42. The van der Waals surface area contributed by atoms with Crippen molar-refractivity contribution in [2.45, 2.75) is 71.8 Å². The highest BCUT2D eigenvalue weighted by molar-refractivity contribution is 5.82. The van der Waals surface area contributed by atoms with E-state index in [0.29, 0.717) is 18.6 Å². The minimum Gasteiger partial charge on any atom is -0.508 e. The van der Waals surface area contributed by atoms with Crippen molar-refractivity contribution in [2.24, 2.45) is 10.8 Å². The summed E-state index contributed by atoms with van der Waals surface area (Å²) in [5.41, 5.74) is -2.28. The number of phenolic OH excluding ortho intramolecular Hbond substituents is 1. The van der Waals surface area contributed by atoms with Crippen molar-refractivity contribution < 1.29 is 24.2 Å². The lowest BCUT2D eigenvalue weighted by molar-refractivity contribution is -0.169. The van der Waals surface area contributed by atoms with Gasteiger partial charge in [-0.2, -0.15) is 0 Å². The average molecular weight is 389 g/mol. The van der Waals surface area contributed by atoms with Crippen LogP contribution < -0.4 is 4.74 Å². The molecule has 154 valence electrons. The topological polar surface area (TPSA) is 72.8 Å². The Morgan fingerprint density at radius 2 is 1.71 bits per heavy atom. The van der Waals surface area contributed by atoms with Crippen molar-refractivity contribution in [1.29, 1.82) is 0 Å². The standard InChI is InChI=1S/C23H32O5/c1-6-22(5,20(26)27-18-12-10-17(24)11-13-18)16-21(3,4)19(25)28-23(7-2)14-8-9-15-23/h7,10-13,24H,2,6,8-9,14-16H2,1,3-5H3.